The van der Waals surface area contributed by atoms with Crippen LogP contribution in [0.1, 0.15) is 32.6 Å². The molecule has 1 saturated heterocycles. The van der Waals surface area contributed by atoms with Crippen LogP contribution in [0.15, 0.2) is 0 Å². The van der Waals surface area contributed by atoms with E-state index in [0.717, 1.165) is 6.42 Å². The lowest BCUT2D eigenvalue weighted by Crippen LogP contribution is -2.34. The molecule has 13 heavy (non-hydrogen) atoms. The quantitative estimate of drug-likeness (QED) is 0.686. The predicted octanol–water partition coefficient (Wildman–Crippen LogP) is 0.888. The second kappa shape index (κ2) is 2.97. The summed E-state index contributed by atoms with van der Waals surface area (Å²) in [6, 6.07) is 3.22. The maximum Gasteiger partial charge on any atom is 0.0918 e. The Hall–Kier alpha value is -0.590. The summed E-state index contributed by atoms with van der Waals surface area (Å²) in [6.45, 7) is 2.85. The number of nitriles is 1. The first-order chi connectivity index (χ1) is 6.14. The Labute approximate surface area is 79.0 Å². The van der Waals surface area contributed by atoms with Gasteiger partial charge in [0.2, 0.25) is 0 Å². The van der Waals surface area contributed by atoms with E-state index in [2.05, 4.69) is 17.9 Å². The summed E-state index contributed by atoms with van der Waals surface area (Å²) in [5, 5.41) is 18.6. The zero-order chi connectivity index (χ0) is 9.47. The van der Waals surface area contributed by atoms with E-state index in [1.54, 1.807) is 0 Å². The molecular formula is C10H16N2O. The minimum absolute atomic E-state index is 0.278. The second-order valence-electron chi connectivity index (χ2n) is 4.52. The van der Waals surface area contributed by atoms with Crippen molar-refractivity contribution in [3.05, 3.63) is 0 Å². The maximum atomic E-state index is 10.0. The second-order valence-corrected chi connectivity index (χ2v) is 4.52. The van der Waals surface area contributed by atoms with Crippen molar-refractivity contribution < 1.29 is 5.11 Å². The Morgan fingerprint density at radius 2 is 2.31 bits per heavy atom. The van der Waals surface area contributed by atoms with Gasteiger partial charge in [-0.3, -0.25) is 4.90 Å². The molecule has 0 aromatic heterocycles. The molecule has 2 fully saturated rings. The van der Waals surface area contributed by atoms with Crippen molar-refractivity contribution in [1.29, 1.82) is 5.26 Å². The Balaban J connectivity index is 2.01. The fourth-order valence-electron chi connectivity index (χ4n) is 2.40. The zero-order valence-corrected chi connectivity index (χ0v) is 8.03. The van der Waals surface area contributed by atoms with Crippen molar-refractivity contribution in [3.8, 4) is 6.07 Å². The average Bonchev–Trinajstić information content (AvgIpc) is 2.79. The molecule has 0 amide bonds. The minimum atomic E-state index is -0.725. The van der Waals surface area contributed by atoms with E-state index in [1.165, 1.54) is 12.8 Å². The molecule has 0 spiro atoms. The lowest BCUT2D eigenvalue weighted by Gasteiger charge is -2.21. The molecule has 0 aromatic carbocycles. The summed E-state index contributed by atoms with van der Waals surface area (Å²) in [5.74, 6) is 0. The Morgan fingerprint density at radius 1 is 1.62 bits per heavy atom. The molecule has 0 bridgehead atoms. The highest BCUT2D eigenvalue weighted by molar-refractivity contribution is 5.03. The molecule has 1 aliphatic carbocycles. The minimum Gasteiger partial charge on any atom is -0.387 e. The van der Waals surface area contributed by atoms with Crippen LogP contribution in [0.25, 0.3) is 0 Å². The molecule has 0 aromatic rings. The number of nitrogens with zero attached hydrogens (tertiary/aromatic N) is 2. The summed E-state index contributed by atoms with van der Waals surface area (Å²) in [5.41, 5.74) is -0.725. The first-order valence-electron chi connectivity index (χ1n) is 5.00. The number of hydrogen-bond acceptors (Lipinski definition) is 3. The third-order valence-electron chi connectivity index (χ3n) is 3.14. The van der Waals surface area contributed by atoms with Gasteiger partial charge in [0.25, 0.3) is 0 Å². The van der Waals surface area contributed by atoms with Crippen LogP contribution in [0.5, 0.6) is 0 Å². The Bertz CT molecular complexity index is 244. The van der Waals surface area contributed by atoms with Gasteiger partial charge in [-0.25, -0.2) is 0 Å². The standard InChI is InChI=1S/C10H16N2O/c1-8-6-10(13,4-5-11)7-12(8)9-2-3-9/h8-9,13H,2-4,6-7H2,1H3. The van der Waals surface area contributed by atoms with E-state index in [9.17, 15) is 5.11 Å². The molecule has 72 valence electrons. The molecule has 1 aliphatic heterocycles. The van der Waals surface area contributed by atoms with Crippen LogP contribution in [0.2, 0.25) is 0 Å². The third kappa shape index (κ3) is 1.70. The normalized spacial score (nSPS) is 40.5. The van der Waals surface area contributed by atoms with E-state index in [0.29, 0.717) is 18.6 Å². The summed E-state index contributed by atoms with van der Waals surface area (Å²) in [6.07, 6.45) is 3.58. The van der Waals surface area contributed by atoms with Crippen molar-refractivity contribution in [3.63, 3.8) is 0 Å². The number of rotatable bonds is 2. The molecule has 1 saturated carbocycles. The van der Waals surface area contributed by atoms with Gasteiger partial charge in [0.05, 0.1) is 18.1 Å². The number of aliphatic hydroxyl groups is 1. The van der Waals surface area contributed by atoms with Crippen LogP contribution in [-0.4, -0.2) is 34.2 Å². The smallest absolute Gasteiger partial charge is 0.0918 e. The molecule has 1 N–H and O–H groups in total. The summed E-state index contributed by atoms with van der Waals surface area (Å²) < 4.78 is 0. The highest BCUT2D eigenvalue weighted by Gasteiger charge is 2.45. The fraction of sp³-hybridized carbons (Fsp3) is 0.900. The van der Waals surface area contributed by atoms with E-state index in [1.807, 2.05) is 0 Å². The van der Waals surface area contributed by atoms with Crippen molar-refractivity contribution in [2.75, 3.05) is 6.54 Å². The highest BCUT2D eigenvalue weighted by Crippen LogP contribution is 2.38. The van der Waals surface area contributed by atoms with Crippen molar-refractivity contribution in [1.82, 2.24) is 4.90 Å². The van der Waals surface area contributed by atoms with Gasteiger partial charge in [0, 0.05) is 18.6 Å². The van der Waals surface area contributed by atoms with E-state index >= 15 is 0 Å². The average molecular weight is 180 g/mol. The van der Waals surface area contributed by atoms with Crippen LogP contribution < -0.4 is 0 Å². The lowest BCUT2D eigenvalue weighted by atomic mass is 9.98. The van der Waals surface area contributed by atoms with Crippen LogP contribution >= 0.6 is 0 Å². The first kappa shape index (κ1) is 8.98. The van der Waals surface area contributed by atoms with Gasteiger partial charge < -0.3 is 5.11 Å². The predicted molar refractivity (Wildman–Crippen MR) is 49.0 cm³/mol. The topological polar surface area (TPSA) is 47.3 Å². The highest BCUT2D eigenvalue weighted by atomic mass is 16.3. The Kier molecular flexibility index (Phi) is 2.05. The molecule has 1 heterocycles. The third-order valence-corrected chi connectivity index (χ3v) is 3.14. The lowest BCUT2D eigenvalue weighted by molar-refractivity contribution is 0.0531. The fourth-order valence-corrected chi connectivity index (χ4v) is 2.40. The molecule has 3 heteroatoms. The van der Waals surface area contributed by atoms with Crippen LogP contribution in [0, 0.1) is 11.3 Å². The maximum absolute atomic E-state index is 10.0. The molecule has 2 rings (SSSR count). The zero-order valence-electron chi connectivity index (χ0n) is 8.03. The molecule has 2 unspecified atom stereocenters. The first-order valence-corrected chi connectivity index (χ1v) is 5.00. The molecule has 2 atom stereocenters. The molecule has 2 aliphatic rings. The SMILES string of the molecule is CC1CC(O)(CC#N)CN1C1CC1. The summed E-state index contributed by atoms with van der Waals surface area (Å²) in [4.78, 5) is 2.36. The Morgan fingerprint density at radius 3 is 2.85 bits per heavy atom. The van der Waals surface area contributed by atoms with Crippen LogP contribution in [-0.2, 0) is 0 Å². The number of β-amino-alcohol motifs (C(OH)–C–C–N with tert-alkyl or cyclic N) is 1. The van der Waals surface area contributed by atoms with Crippen LogP contribution in [0.3, 0.4) is 0 Å². The van der Waals surface area contributed by atoms with Gasteiger partial charge in [-0.1, -0.05) is 0 Å². The van der Waals surface area contributed by atoms with Gasteiger partial charge in [0.15, 0.2) is 0 Å². The largest absolute Gasteiger partial charge is 0.387 e. The van der Waals surface area contributed by atoms with Gasteiger partial charge in [-0.05, 0) is 26.2 Å². The van der Waals surface area contributed by atoms with Crippen molar-refractivity contribution >= 4 is 0 Å². The molecule has 3 nitrogen and oxygen atoms in total. The molecule has 0 radical (unpaired) electrons. The van der Waals surface area contributed by atoms with Gasteiger partial charge in [-0.2, -0.15) is 5.26 Å². The van der Waals surface area contributed by atoms with Crippen LogP contribution in [0.4, 0.5) is 0 Å². The van der Waals surface area contributed by atoms with E-state index in [4.69, 9.17) is 5.26 Å². The number of hydrogen-bond donors (Lipinski definition) is 1. The van der Waals surface area contributed by atoms with E-state index < -0.39 is 5.60 Å². The van der Waals surface area contributed by atoms with Crippen molar-refractivity contribution in [2.24, 2.45) is 0 Å². The summed E-state index contributed by atoms with van der Waals surface area (Å²) >= 11 is 0. The van der Waals surface area contributed by atoms with E-state index in [-0.39, 0.29) is 6.42 Å². The van der Waals surface area contributed by atoms with Gasteiger partial charge in [-0.15, -0.1) is 0 Å². The van der Waals surface area contributed by atoms with Gasteiger partial charge in [0.1, 0.15) is 0 Å². The molecular weight excluding hydrogens is 164 g/mol. The summed E-state index contributed by atoms with van der Waals surface area (Å²) in [7, 11) is 0. The monoisotopic (exact) mass is 180 g/mol. The van der Waals surface area contributed by atoms with Crippen molar-refractivity contribution in [2.45, 2.75) is 50.3 Å². The number of likely N-dealkylation sites (tertiary alicyclic amines) is 1. The van der Waals surface area contributed by atoms with Gasteiger partial charge >= 0.3 is 0 Å².